The van der Waals surface area contributed by atoms with Gasteiger partial charge in [-0.05, 0) is 11.5 Å². The molecule has 3 aromatic rings. The minimum Gasteiger partial charge on any atom is -0.476 e. The van der Waals surface area contributed by atoms with E-state index in [2.05, 4.69) is 9.97 Å². The van der Waals surface area contributed by atoms with E-state index in [1.807, 2.05) is 30.3 Å². The van der Waals surface area contributed by atoms with Crippen LogP contribution in [-0.4, -0.2) is 26.8 Å². The van der Waals surface area contributed by atoms with E-state index in [1.165, 1.54) is 6.92 Å². The molecule has 3 rings (SSSR count). The number of carbonyl (C=O) groups is 2. The molecule has 5 nitrogen and oxygen atoms in total. The molecule has 0 fully saturated rings. The summed E-state index contributed by atoms with van der Waals surface area (Å²) >= 11 is 1.06. The SMILES string of the molecule is CC(=O)c1sc(-c2nccc3ccccc23)nc1C(=O)O. The van der Waals surface area contributed by atoms with E-state index in [0.29, 0.717) is 10.7 Å². The molecule has 0 amide bonds. The molecule has 104 valence electrons. The van der Waals surface area contributed by atoms with E-state index < -0.39 is 5.97 Å². The Kier molecular flexibility index (Phi) is 3.23. The summed E-state index contributed by atoms with van der Waals surface area (Å²) in [5, 5.41) is 11.5. The standard InChI is InChI=1S/C15H10N2O3S/c1-8(18)13-12(15(19)20)17-14(21-13)11-10-5-3-2-4-9(10)6-7-16-11/h2-7H,1H3,(H,19,20). The lowest BCUT2D eigenvalue weighted by molar-refractivity contribution is 0.0687. The van der Waals surface area contributed by atoms with Crippen LogP contribution in [-0.2, 0) is 0 Å². The number of hydrogen-bond acceptors (Lipinski definition) is 5. The van der Waals surface area contributed by atoms with Gasteiger partial charge >= 0.3 is 5.97 Å². The highest BCUT2D eigenvalue weighted by Gasteiger charge is 2.22. The van der Waals surface area contributed by atoms with Gasteiger partial charge in [0, 0.05) is 18.5 Å². The maximum Gasteiger partial charge on any atom is 0.356 e. The molecular weight excluding hydrogens is 288 g/mol. The lowest BCUT2D eigenvalue weighted by Crippen LogP contribution is -2.03. The van der Waals surface area contributed by atoms with Crippen molar-refractivity contribution in [2.24, 2.45) is 0 Å². The topological polar surface area (TPSA) is 80.2 Å². The highest BCUT2D eigenvalue weighted by atomic mass is 32.1. The van der Waals surface area contributed by atoms with Gasteiger partial charge in [-0.15, -0.1) is 11.3 Å². The fourth-order valence-corrected chi connectivity index (χ4v) is 3.06. The number of Topliss-reactive ketones (excluding diaryl/α,β-unsaturated/α-hetero) is 1. The number of aromatic nitrogens is 2. The van der Waals surface area contributed by atoms with Crippen LogP contribution in [0.1, 0.15) is 27.1 Å². The molecule has 0 saturated carbocycles. The van der Waals surface area contributed by atoms with Gasteiger partial charge < -0.3 is 5.11 Å². The van der Waals surface area contributed by atoms with Crippen molar-refractivity contribution in [1.82, 2.24) is 9.97 Å². The van der Waals surface area contributed by atoms with Gasteiger partial charge in [-0.1, -0.05) is 24.3 Å². The molecule has 21 heavy (non-hydrogen) atoms. The number of thiazole rings is 1. The summed E-state index contributed by atoms with van der Waals surface area (Å²) in [6.07, 6.45) is 1.65. The lowest BCUT2D eigenvalue weighted by Gasteiger charge is -2.01. The molecule has 0 aliphatic rings. The number of carboxylic acids is 1. The fourth-order valence-electron chi connectivity index (χ4n) is 2.10. The van der Waals surface area contributed by atoms with Crippen molar-refractivity contribution in [3.8, 4) is 10.7 Å². The Balaban J connectivity index is 2.26. The van der Waals surface area contributed by atoms with E-state index >= 15 is 0 Å². The number of pyridine rings is 1. The van der Waals surface area contributed by atoms with Crippen molar-refractivity contribution in [2.75, 3.05) is 0 Å². The van der Waals surface area contributed by atoms with Gasteiger partial charge in [0.25, 0.3) is 0 Å². The molecule has 0 saturated heterocycles. The number of carboxylic acid groups (broad SMARTS) is 1. The van der Waals surface area contributed by atoms with Gasteiger partial charge in [0.05, 0.1) is 0 Å². The summed E-state index contributed by atoms with van der Waals surface area (Å²) in [6.45, 7) is 1.33. The Morgan fingerprint density at radius 1 is 1.19 bits per heavy atom. The number of nitrogens with zero attached hydrogens (tertiary/aromatic N) is 2. The van der Waals surface area contributed by atoms with Crippen LogP contribution in [0.3, 0.4) is 0 Å². The molecule has 2 heterocycles. The van der Waals surface area contributed by atoms with Crippen LogP contribution < -0.4 is 0 Å². The van der Waals surface area contributed by atoms with E-state index in [4.69, 9.17) is 5.11 Å². The van der Waals surface area contributed by atoms with Crippen LogP contribution in [0.5, 0.6) is 0 Å². The van der Waals surface area contributed by atoms with Gasteiger partial charge in [0.15, 0.2) is 11.5 Å². The molecule has 1 aromatic carbocycles. The normalized spacial score (nSPS) is 10.7. The average Bonchev–Trinajstić information content (AvgIpc) is 2.92. The van der Waals surface area contributed by atoms with Crippen molar-refractivity contribution < 1.29 is 14.7 Å². The molecule has 0 spiro atoms. The third kappa shape index (κ3) is 2.30. The summed E-state index contributed by atoms with van der Waals surface area (Å²) < 4.78 is 0. The third-order valence-corrected chi connectivity index (χ3v) is 4.19. The van der Waals surface area contributed by atoms with Crippen molar-refractivity contribution in [1.29, 1.82) is 0 Å². The molecule has 6 heteroatoms. The maximum atomic E-state index is 11.6. The Hall–Kier alpha value is -2.60. The Labute approximate surface area is 123 Å². The number of ketones is 1. The quantitative estimate of drug-likeness (QED) is 0.751. The van der Waals surface area contributed by atoms with Gasteiger partial charge in [-0.2, -0.15) is 0 Å². The van der Waals surface area contributed by atoms with Crippen molar-refractivity contribution in [3.63, 3.8) is 0 Å². The number of benzene rings is 1. The molecular formula is C15H10N2O3S. The monoisotopic (exact) mass is 298 g/mol. The van der Waals surface area contributed by atoms with E-state index in [0.717, 1.165) is 22.1 Å². The molecule has 0 bridgehead atoms. The van der Waals surface area contributed by atoms with Gasteiger partial charge in [-0.3, -0.25) is 9.78 Å². The Bertz CT molecular complexity index is 833. The minimum atomic E-state index is -1.21. The van der Waals surface area contributed by atoms with Crippen molar-refractivity contribution in [2.45, 2.75) is 6.92 Å². The fraction of sp³-hybridized carbons (Fsp3) is 0.0667. The zero-order valence-electron chi connectivity index (χ0n) is 11.0. The second-order valence-electron chi connectivity index (χ2n) is 4.44. The maximum absolute atomic E-state index is 11.6. The number of carbonyl (C=O) groups excluding carboxylic acids is 1. The molecule has 1 N–H and O–H groups in total. The average molecular weight is 298 g/mol. The largest absolute Gasteiger partial charge is 0.476 e. The predicted octanol–water partition coefficient (Wildman–Crippen LogP) is 3.26. The minimum absolute atomic E-state index is 0.146. The number of hydrogen-bond donors (Lipinski definition) is 1. The second-order valence-corrected chi connectivity index (χ2v) is 5.44. The molecule has 0 atom stereocenters. The van der Waals surface area contributed by atoms with E-state index in [-0.39, 0.29) is 16.4 Å². The van der Waals surface area contributed by atoms with E-state index in [9.17, 15) is 9.59 Å². The highest BCUT2D eigenvalue weighted by molar-refractivity contribution is 7.17. The first-order valence-corrected chi connectivity index (χ1v) is 6.98. The molecule has 0 unspecified atom stereocenters. The van der Waals surface area contributed by atoms with E-state index in [1.54, 1.807) is 6.20 Å². The molecule has 0 radical (unpaired) electrons. The number of aromatic carboxylic acids is 1. The van der Waals surface area contributed by atoms with Crippen LogP contribution in [0.2, 0.25) is 0 Å². The molecule has 2 aromatic heterocycles. The number of rotatable bonds is 3. The van der Waals surface area contributed by atoms with Crippen LogP contribution in [0.15, 0.2) is 36.5 Å². The summed E-state index contributed by atoms with van der Waals surface area (Å²) in [5.41, 5.74) is 0.380. The lowest BCUT2D eigenvalue weighted by atomic mass is 10.1. The first kappa shape index (κ1) is 13.4. The smallest absolute Gasteiger partial charge is 0.356 e. The van der Waals surface area contributed by atoms with Crippen LogP contribution in [0, 0.1) is 0 Å². The van der Waals surface area contributed by atoms with Crippen molar-refractivity contribution in [3.05, 3.63) is 47.1 Å². The third-order valence-electron chi connectivity index (χ3n) is 3.03. The zero-order chi connectivity index (χ0) is 15.0. The Morgan fingerprint density at radius 2 is 1.95 bits per heavy atom. The van der Waals surface area contributed by atoms with Crippen molar-refractivity contribution >= 4 is 33.9 Å². The van der Waals surface area contributed by atoms with Gasteiger partial charge in [0.1, 0.15) is 15.6 Å². The van der Waals surface area contributed by atoms with Crippen LogP contribution >= 0.6 is 11.3 Å². The van der Waals surface area contributed by atoms with Gasteiger partial charge in [0.2, 0.25) is 0 Å². The van der Waals surface area contributed by atoms with Crippen LogP contribution in [0.25, 0.3) is 21.5 Å². The molecule has 0 aliphatic heterocycles. The Morgan fingerprint density at radius 3 is 2.62 bits per heavy atom. The summed E-state index contributed by atoms with van der Waals surface area (Å²) in [5.74, 6) is -1.51. The van der Waals surface area contributed by atoms with Crippen LogP contribution in [0.4, 0.5) is 0 Å². The number of fused-ring (bicyclic) bond motifs is 1. The molecule has 0 aliphatic carbocycles. The second kappa shape index (κ2) is 5.06. The predicted molar refractivity (Wildman–Crippen MR) is 79.8 cm³/mol. The highest BCUT2D eigenvalue weighted by Crippen LogP contribution is 2.31. The summed E-state index contributed by atoms with van der Waals surface area (Å²) in [4.78, 5) is 31.3. The first-order chi connectivity index (χ1) is 10.1. The van der Waals surface area contributed by atoms with Gasteiger partial charge in [-0.25, -0.2) is 9.78 Å². The zero-order valence-corrected chi connectivity index (χ0v) is 11.8. The first-order valence-electron chi connectivity index (χ1n) is 6.17. The summed E-state index contributed by atoms with van der Waals surface area (Å²) in [6, 6.07) is 9.50. The summed E-state index contributed by atoms with van der Waals surface area (Å²) in [7, 11) is 0.